The van der Waals surface area contributed by atoms with Gasteiger partial charge in [-0.2, -0.15) is 13.9 Å². The van der Waals surface area contributed by atoms with E-state index in [9.17, 15) is 13.6 Å². The second-order valence-corrected chi connectivity index (χ2v) is 6.06. The third-order valence-electron chi connectivity index (χ3n) is 4.12. The van der Waals surface area contributed by atoms with Gasteiger partial charge in [0.25, 0.3) is 5.91 Å². The highest BCUT2D eigenvalue weighted by Crippen LogP contribution is 2.21. The molecule has 0 radical (unpaired) electrons. The first kappa shape index (κ1) is 17.3. The highest BCUT2D eigenvalue weighted by Gasteiger charge is 2.18. The smallest absolute Gasteiger partial charge is 0.333 e. The van der Waals surface area contributed by atoms with E-state index in [0.29, 0.717) is 10.4 Å². The summed E-state index contributed by atoms with van der Waals surface area (Å²) in [5.74, 6) is 0.206. The number of halogens is 2. The lowest BCUT2D eigenvalue weighted by atomic mass is 10.1. The number of alkyl halides is 2. The van der Waals surface area contributed by atoms with E-state index in [1.165, 1.54) is 6.07 Å². The molecule has 6 nitrogen and oxygen atoms in total. The lowest BCUT2D eigenvalue weighted by molar-refractivity contribution is 0.0561. The van der Waals surface area contributed by atoms with Crippen molar-refractivity contribution in [1.82, 2.24) is 14.7 Å². The molecule has 0 unspecified atom stereocenters. The van der Waals surface area contributed by atoms with Crippen LogP contribution in [0.3, 0.4) is 0 Å². The number of ether oxygens (including phenoxy) is 1. The van der Waals surface area contributed by atoms with Gasteiger partial charge in [0.1, 0.15) is 11.9 Å². The minimum absolute atomic E-state index is 0.0630. The normalized spacial score (nSPS) is 16.2. The molecule has 8 heteroatoms. The second-order valence-electron chi connectivity index (χ2n) is 6.06. The predicted octanol–water partition coefficient (Wildman–Crippen LogP) is 3.00. The maximum absolute atomic E-state index is 12.5. The lowest BCUT2D eigenvalue weighted by Crippen LogP contribution is -2.35. The van der Waals surface area contributed by atoms with Crippen LogP contribution in [0.1, 0.15) is 29.9 Å². The molecule has 0 saturated carbocycles. The average molecular weight is 350 g/mol. The van der Waals surface area contributed by atoms with Crippen molar-refractivity contribution < 1.29 is 18.3 Å². The molecule has 0 atom stereocenters. The van der Waals surface area contributed by atoms with E-state index >= 15 is 0 Å². The number of likely N-dealkylation sites (tertiary alicyclic amines) is 1. The Morgan fingerprint density at radius 2 is 1.92 bits per heavy atom. The van der Waals surface area contributed by atoms with E-state index < -0.39 is 12.5 Å². The van der Waals surface area contributed by atoms with Crippen LogP contribution in [-0.2, 0) is 0 Å². The van der Waals surface area contributed by atoms with Gasteiger partial charge in [-0.15, -0.1) is 0 Å². The van der Waals surface area contributed by atoms with Gasteiger partial charge in [0.15, 0.2) is 5.69 Å². The highest BCUT2D eigenvalue weighted by molar-refractivity contribution is 6.02. The molecular formula is C17H20F2N4O2. The summed E-state index contributed by atoms with van der Waals surface area (Å²) >= 11 is 0. The van der Waals surface area contributed by atoms with Crippen LogP contribution in [0, 0.1) is 0 Å². The molecule has 0 aliphatic carbocycles. The number of hydrogen-bond acceptors (Lipinski definition) is 4. The van der Waals surface area contributed by atoms with Crippen LogP contribution < -0.4 is 10.1 Å². The summed E-state index contributed by atoms with van der Waals surface area (Å²) in [7, 11) is 2.10. The quantitative estimate of drug-likeness (QED) is 0.901. The van der Waals surface area contributed by atoms with Crippen molar-refractivity contribution in [2.45, 2.75) is 25.5 Å². The zero-order valence-electron chi connectivity index (χ0n) is 13.9. The molecule has 1 aromatic heterocycles. The van der Waals surface area contributed by atoms with Gasteiger partial charge in [-0.05, 0) is 50.2 Å². The SMILES string of the molecule is CN1CCC(Oc2ccc(NC(=O)c3ccn(C(F)F)n3)cc2)CC1. The molecule has 1 aromatic carbocycles. The molecule has 0 spiro atoms. The van der Waals surface area contributed by atoms with Gasteiger partial charge in [-0.3, -0.25) is 4.79 Å². The number of nitrogens with zero attached hydrogens (tertiary/aromatic N) is 3. The van der Waals surface area contributed by atoms with E-state index in [2.05, 4.69) is 22.4 Å². The van der Waals surface area contributed by atoms with Crippen molar-refractivity contribution in [3.05, 3.63) is 42.2 Å². The van der Waals surface area contributed by atoms with Crippen LogP contribution in [0.2, 0.25) is 0 Å². The monoisotopic (exact) mass is 350 g/mol. The molecule has 3 rings (SSSR count). The Kier molecular flexibility index (Phi) is 5.28. The Hall–Kier alpha value is -2.48. The summed E-state index contributed by atoms with van der Waals surface area (Å²) < 4.78 is 31.3. The lowest BCUT2D eigenvalue weighted by Gasteiger charge is -2.29. The number of amides is 1. The van der Waals surface area contributed by atoms with Gasteiger partial charge in [0.05, 0.1) is 0 Å². The number of nitrogens with one attached hydrogen (secondary N) is 1. The van der Waals surface area contributed by atoms with Crippen molar-refractivity contribution in [2.75, 3.05) is 25.5 Å². The Bertz CT molecular complexity index is 710. The number of aromatic nitrogens is 2. The number of rotatable bonds is 5. The van der Waals surface area contributed by atoms with Crippen LogP contribution in [0.4, 0.5) is 14.5 Å². The van der Waals surface area contributed by atoms with Crippen LogP contribution >= 0.6 is 0 Å². The molecule has 1 amide bonds. The summed E-state index contributed by atoms with van der Waals surface area (Å²) in [6.45, 7) is -0.730. The third-order valence-corrected chi connectivity index (χ3v) is 4.12. The van der Waals surface area contributed by atoms with Gasteiger partial charge in [-0.25, -0.2) is 4.68 Å². The number of piperidine rings is 1. The Balaban J connectivity index is 1.55. The van der Waals surface area contributed by atoms with Crippen molar-refractivity contribution in [2.24, 2.45) is 0 Å². The van der Waals surface area contributed by atoms with Crippen molar-refractivity contribution in [3.63, 3.8) is 0 Å². The molecule has 1 aliphatic heterocycles. The largest absolute Gasteiger partial charge is 0.490 e. The highest BCUT2D eigenvalue weighted by atomic mass is 19.3. The Labute approximate surface area is 144 Å². The minimum atomic E-state index is -2.77. The Morgan fingerprint density at radius 3 is 2.52 bits per heavy atom. The molecule has 1 saturated heterocycles. The molecule has 1 N–H and O–H groups in total. The summed E-state index contributed by atoms with van der Waals surface area (Å²) in [4.78, 5) is 14.3. The fourth-order valence-electron chi connectivity index (χ4n) is 2.68. The maximum atomic E-state index is 12.5. The number of benzene rings is 1. The number of hydrogen-bond donors (Lipinski definition) is 1. The van der Waals surface area contributed by atoms with Crippen LogP contribution in [0.25, 0.3) is 0 Å². The number of anilines is 1. The minimum Gasteiger partial charge on any atom is -0.490 e. The predicted molar refractivity (Wildman–Crippen MR) is 89.0 cm³/mol. The molecular weight excluding hydrogens is 330 g/mol. The summed E-state index contributed by atoms with van der Waals surface area (Å²) in [6, 6.07) is 8.25. The Morgan fingerprint density at radius 1 is 1.24 bits per heavy atom. The van der Waals surface area contributed by atoms with Gasteiger partial charge in [0.2, 0.25) is 0 Å². The molecule has 25 heavy (non-hydrogen) atoms. The maximum Gasteiger partial charge on any atom is 0.333 e. The van der Waals surface area contributed by atoms with Gasteiger partial charge in [-0.1, -0.05) is 0 Å². The van der Waals surface area contributed by atoms with Gasteiger partial charge >= 0.3 is 6.55 Å². The zero-order valence-corrected chi connectivity index (χ0v) is 13.9. The first-order valence-electron chi connectivity index (χ1n) is 8.11. The summed E-state index contributed by atoms with van der Waals surface area (Å²) in [5.41, 5.74) is 0.485. The van der Waals surface area contributed by atoms with E-state index in [1.54, 1.807) is 24.3 Å². The first-order valence-corrected chi connectivity index (χ1v) is 8.11. The molecule has 2 aromatic rings. The van der Waals surface area contributed by atoms with E-state index in [0.717, 1.165) is 37.9 Å². The molecule has 1 aliphatic rings. The fourth-order valence-corrected chi connectivity index (χ4v) is 2.68. The van der Waals surface area contributed by atoms with Crippen molar-refractivity contribution in [3.8, 4) is 5.75 Å². The van der Waals surface area contributed by atoms with Crippen molar-refractivity contribution in [1.29, 1.82) is 0 Å². The van der Waals surface area contributed by atoms with Crippen LogP contribution in [0.15, 0.2) is 36.5 Å². The number of carbonyl (C=O) groups excluding carboxylic acids is 1. The van der Waals surface area contributed by atoms with E-state index in [-0.39, 0.29) is 11.8 Å². The second kappa shape index (κ2) is 7.60. The molecule has 0 bridgehead atoms. The molecule has 1 fully saturated rings. The first-order chi connectivity index (χ1) is 12.0. The average Bonchev–Trinajstić information content (AvgIpc) is 3.09. The standard InChI is InChI=1S/C17H20F2N4O2/c1-22-9-6-14(7-10-22)25-13-4-2-12(3-5-13)20-16(24)15-8-11-23(21-15)17(18)19/h2-5,8,11,14,17H,6-7,9-10H2,1H3,(H,20,24). The van der Waals surface area contributed by atoms with Crippen LogP contribution in [-0.4, -0.2) is 46.8 Å². The van der Waals surface area contributed by atoms with Gasteiger partial charge in [0, 0.05) is 25.0 Å². The van der Waals surface area contributed by atoms with Crippen molar-refractivity contribution >= 4 is 11.6 Å². The van der Waals surface area contributed by atoms with Crippen LogP contribution in [0.5, 0.6) is 5.75 Å². The zero-order chi connectivity index (χ0) is 17.8. The summed E-state index contributed by atoms with van der Waals surface area (Å²) in [6.07, 6.45) is 3.25. The summed E-state index contributed by atoms with van der Waals surface area (Å²) in [5, 5.41) is 6.16. The fraction of sp³-hybridized carbons (Fsp3) is 0.412. The topological polar surface area (TPSA) is 59.4 Å². The molecule has 134 valence electrons. The third kappa shape index (κ3) is 4.54. The van der Waals surface area contributed by atoms with E-state index in [1.807, 2.05) is 0 Å². The number of carbonyl (C=O) groups is 1. The van der Waals surface area contributed by atoms with Gasteiger partial charge < -0.3 is 15.0 Å². The van der Waals surface area contributed by atoms with E-state index in [4.69, 9.17) is 4.74 Å². The molecule has 2 heterocycles.